The lowest BCUT2D eigenvalue weighted by molar-refractivity contribution is -0.117. The van der Waals surface area contributed by atoms with Crippen molar-refractivity contribution in [1.29, 1.82) is 0 Å². The monoisotopic (exact) mass is 446 g/mol. The topological polar surface area (TPSA) is 97.5 Å². The highest BCUT2D eigenvalue weighted by molar-refractivity contribution is 6.28. The second-order valence-electron chi connectivity index (χ2n) is 8.93. The van der Waals surface area contributed by atoms with E-state index in [1.807, 2.05) is 25.1 Å². The third kappa shape index (κ3) is 4.63. The first-order chi connectivity index (χ1) is 14.7. The van der Waals surface area contributed by atoms with Crippen LogP contribution in [0, 0.1) is 0 Å². The number of dihydropyridines is 1. The van der Waals surface area contributed by atoms with Gasteiger partial charge in [-0.15, -0.1) is 0 Å². The van der Waals surface area contributed by atoms with Crippen molar-refractivity contribution in [1.82, 2.24) is 36.2 Å². The first-order valence-electron chi connectivity index (χ1n) is 10.7. The molecular formula is C21H31ClN8O. The van der Waals surface area contributed by atoms with Gasteiger partial charge in [0.15, 0.2) is 5.82 Å². The lowest BCUT2D eigenvalue weighted by Crippen LogP contribution is -2.44. The average Bonchev–Trinajstić information content (AvgIpc) is 3.21. The summed E-state index contributed by atoms with van der Waals surface area (Å²) in [5.74, 6) is 0.649. The van der Waals surface area contributed by atoms with Crippen molar-refractivity contribution in [2.75, 3.05) is 31.7 Å². The minimum absolute atomic E-state index is 0.0336. The van der Waals surface area contributed by atoms with Gasteiger partial charge in [-0.25, -0.2) is 10.4 Å². The molecule has 1 aromatic rings. The molecule has 0 bridgehead atoms. The van der Waals surface area contributed by atoms with E-state index < -0.39 is 0 Å². The molecule has 1 fully saturated rings. The van der Waals surface area contributed by atoms with Crippen molar-refractivity contribution in [2.45, 2.75) is 51.4 Å². The summed E-state index contributed by atoms with van der Waals surface area (Å²) in [4.78, 5) is 23.6. The van der Waals surface area contributed by atoms with Crippen LogP contribution in [0.15, 0.2) is 29.7 Å². The maximum atomic E-state index is 12.7. The number of aromatic nitrogens is 2. The van der Waals surface area contributed by atoms with Crippen LogP contribution in [0.4, 0.5) is 5.82 Å². The van der Waals surface area contributed by atoms with Crippen LogP contribution in [-0.2, 0) is 4.79 Å². The number of amides is 1. The van der Waals surface area contributed by atoms with Crippen LogP contribution in [0.5, 0.6) is 0 Å². The van der Waals surface area contributed by atoms with Crippen LogP contribution in [-0.4, -0.2) is 59.0 Å². The van der Waals surface area contributed by atoms with Gasteiger partial charge in [0.2, 0.25) is 5.28 Å². The Kier molecular flexibility index (Phi) is 6.09. The minimum atomic E-state index is -0.215. The van der Waals surface area contributed by atoms with Gasteiger partial charge in [0.25, 0.3) is 5.91 Å². The highest BCUT2D eigenvalue weighted by Gasteiger charge is 2.32. The number of nitrogens with zero attached hydrogens (tertiary/aromatic N) is 4. The van der Waals surface area contributed by atoms with E-state index in [9.17, 15) is 4.79 Å². The molecule has 3 aliphatic rings. The van der Waals surface area contributed by atoms with Gasteiger partial charge in [-0.2, -0.15) is 4.98 Å². The summed E-state index contributed by atoms with van der Waals surface area (Å²) in [6, 6.07) is 0.0336. The van der Waals surface area contributed by atoms with Gasteiger partial charge < -0.3 is 16.0 Å². The van der Waals surface area contributed by atoms with Crippen LogP contribution in [0.1, 0.15) is 45.3 Å². The summed E-state index contributed by atoms with van der Waals surface area (Å²) >= 11 is 5.93. The highest BCUT2D eigenvalue weighted by atomic mass is 35.5. The fourth-order valence-corrected chi connectivity index (χ4v) is 4.48. The molecule has 0 aliphatic carbocycles. The molecule has 0 spiro atoms. The van der Waals surface area contributed by atoms with Crippen molar-refractivity contribution >= 4 is 23.3 Å². The van der Waals surface area contributed by atoms with Crippen LogP contribution in [0.3, 0.4) is 0 Å². The molecule has 3 aliphatic heterocycles. The smallest absolute Gasteiger partial charge is 0.252 e. The highest BCUT2D eigenvalue weighted by Crippen LogP contribution is 2.30. The standard InChI is InChI=1S/C21H31ClN8O/c1-13-16(26-17-15-12-25-20(22)27-18(15)29(4)28-17)10-14(11-24-13)19(31)23-7-9-30-8-5-6-21(30,2)3/h10-13,17,24,26,28H,5-9H2,1-4H3,(H,23,31). The zero-order valence-corrected chi connectivity index (χ0v) is 19.3. The fourth-order valence-electron chi connectivity index (χ4n) is 4.36. The van der Waals surface area contributed by atoms with E-state index in [0.29, 0.717) is 12.1 Å². The number of carbonyl (C=O) groups excluding carboxylic acids is 1. The van der Waals surface area contributed by atoms with Gasteiger partial charge in [0, 0.05) is 43.8 Å². The van der Waals surface area contributed by atoms with Crippen LogP contribution in [0.2, 0.25) is 5.28 Å². The number of hydrogen-bond donors (Lipinski definition) is 4. The largest absolute Gasteiger partial charge is 0.382 e. The Morgan fingerprint density at radius 3 is 2.97 bits per heavy atom. The number of nitrogens with one attached hydrogen (secondary N) is 4. The number of halogens is 1. The third-order valence-corrected chi connectivity index (χ3v) is 6.48. The van der Waals surface area contributed by atoms with Crippen LogP contribution < -0.4 is 26.4 Å². The normalized spacial score (nSPS) is 24.9. The molecule has 2 unspecified atom stereocenters. The molecule has 0 radical (unpaired) electrons. The molecule has 0 aromatic carbocycles. The lowest BCUT2D eigenvalue weighted by atomic mass is 10.0. The first-order valence-corrected chi connectivity index (χ1v) is 11.1. The number of likely N-dealkylation sites (tertiary alicyclic amines) is 1. The Morgan fingerprint density at radius 2 is 2.23 bits per heavy atom. The molecule has 9 nitrogen and oxygen atoms in total. The van der Waals surface area contributed by atoms with Gasteiger partial charge in [-0.1, -0.05) is 0 Å². The maximum Gasteiger partial charge on any atom is 0.252 e. The molecule has 31 heavy (non-hydrogen) atoms. The zero-order chi connectivity index (χ0) is 22.2. The van der Waals surface area contributed by atoms with Gasteiger partial charge in [-0.05, 0) is 57.8 Å². The van der Waals surface area contributed by atoms with E-state index in [4.69, 9.17) is 11.6 Å². The van der Waals surface area contributed by atoms with E-state index in [1.54, 1.807) is 12.4 Å². The maximum absolute atomic E-state index is 12.7. The number of anilines is 1. The second kappa shape index (κ2) is 8.64. The van der Waals surface area contributed by atoms with Gasteiger partial charge >= 0.3 is 0 Å². The van der Waals surface area contributed by atoms with E-state index in [-0.39, 0.29) is 28.9 Å². The van der Waals surface area contributed by atoms with Crippen molar-refractivity contribution in [2.24, 2.45) is 0 Å². The molecule has 168 valence electrons. The van der Waals surface area contributed by atoms with E-state index in [0.717, 1.165) is 30.2 Å². The number of hydrazine groups is 1. The molecule has 1 aromatic heterocycles. The summed E-state index contributed by atoms with van der Waals surface area (Å²) in [6.07, 6.45) is 7.59. The summed E-state index contributed by atoms with van der Waals surface area (Å²) in [7, 11) is 1.88. The predicted molar refractivity (Wildman–Crippen MR) is 121 cm³/mol. The zero-order valence-electron chi connectivity index (χ0n) is 18.5. The van der Waals surface area contributed by atoms with Crippen molar-refractivity contribution in [3.8, 4) is 0 Å². The molecule has 1 amide bonds. The number of hydrogen-bond acceptors (Lipinski definition) is 8. The lowest BCUT2D eigenvalue weighted by Gasteiger charge is -2.31. The quantitative estimate of drug-likeness (QED) is 0.487. The molecule has 4 N–H and O–H groups in total. The SMILES string of the molecule is CC1NC=C(C(=O)NCCN2CCCC2(C)C)C=C1NC1NN(C)c2nc(Cl)ncc21. The van der Waals surface area contributed by atoms with Crippen LogP contribution >= 0.6 is 11.6 Å². The molecular weight excluding hydrogens is 416 g/mol. The number of fused-ring (bicyclic) bond motifs is 1. The van der Waals surface area contributed by atoms with E-state index in [2.05, 4.69) is 50.1 Å². The summed E-state index contributed by atoms with van der Waals surface area (Å²) in [6.45, 7) is 9.16. The predicted octanol–water partition coefficient (Wildman–Crippen LogP) is 1.42. The summed E-state index contributed by atoms with van der Waals surface area (Å²) < 4.78 is 0. The summed E-state index contributed by atoms with van der Waals surface area (Å²) in [5.41, 5.74) is 5.91. The molecule has 1 saturated heterocycles. The fraction of sp³-hybridized carbons (Fsp3) is 0.571. The van der Waals surface area contributed by atoms with Gasteiger partial charge in [0.05, 0.1) is 17.2 Å². The van der Waals surface area contributed by atoms with Gasteiger partial charge in [0.1, 0.15) is 6.17 Å². The van der Waals surface area contributed by atoms with Gasteiger partial charge in [-0.3, -0.25) is 14.7 Å². The first kappa shape index (κ1) is 21.9. The van der Waals surface area contributed by atoms with Crippen molar-refractivity contribution in [3.05, 3.63) is 40.6 Å². The number of carbonyl (C=O) groups is 1. The molecule has 10 heteroatoms. The van der Waals surface area contributed by atoms with Crippen molar-refractivity contribution in [3.63, 3.8) is 0 Å². The Labute approximate surface area is 188 Å². The second-order valence-corrected chi connectivity index (χ2v) is 9.27. The van der Waals surface area contributed by atoms with E-state index in [1.165, 1.54) is 12.8 Å². The molecule has 4 rings (SSSR count). The third-order valence-electron chi connectivity index (χ3n) is 6.30. The van der Waals surface area contributed by atoms with Crippen LogP contribution in [0.25, 0.3) is 0 Å². The average molecular weight is 447 g/mol. The molecule has 2 atom stereocenters. The summed E-state index contributed by atoms with van der Waals surface area (Å²) in [5, 5.41) is 11.8. The molecule has 4 heterocycles. The Bertz CT molecular complexity index is 915. The molecule has 0 saturated carbocycles. The minimum Gasteiger partial charge on any atom is -0.382 e. The Balaban J connectivity index is 1.38. The Hall–Kier alpha value is -2.36. The number of rotatable bonds is 6. The van der Waals surface area contributed by atoms with E-state index >= 15 is 0 Å². The Morgan fingerprint density at radius 1 is 1.42 bits per heavy atom. The van der Waals surface area contributed by atoms with Crippen molar-refractivity contribution < 1.29 is 4.79 Å².